The molecule has 1 aliphatic heterocycles. The lowest BCUT2D eigenvalue weighted by Gasteiger charge is -2.24. The first kappa shape index (κ1) is 13.4. The van der Waals surface area contributed by atoms with Crippen molar-refractivity contribution in [3.05, 3.63) is 23.8 Å². The number of nitrogens with one attached hydrogen (secondary N) is 1. The molecule has 0 aliphatic carbocycles. The molecule has 0 fully saturated rings. The van der Waals surface area contributed by atoms with Crippen molar-refractivity contribution in [2.75, 3.05) is 11.9 Å². The molecular weight excluding hydrogens is 250 g/mol. The maximum absolute atomic E-state index is 11.6. The SMILES string of the molecule is CC1Sc2ccc(C(N)C(N)CO)cc2NC1=O. The fraction of sp³-hybridized carbons (Fsp3) is 0.417. The third-order valence-corrected chi connectivity index (χ3v) is 4.17. The molecule has 0 saturated heterocycles. The van der Waals surface area contributed by atoms with E-state index in [2.05, 4.69) is 5.32 Å². The highest BCUT2D eigenvalue weighted by Crippen LogP contribution is 2.36. The molecule has 0 bridgehead atoms. The number of benzene rings is 1. The van der Waals surface area contributed by atoms with Crippen molar-refractivity contribution in [3.8, 4) is 0 Å². The molecule has 0 radical (unpaired) electrons. The van der Waals surface area contributed by atoms with E-state index in [1.165, 1.54) is 11.8 Å². The van der Waals surface area contributed by atoms with E-state index < -0.39 is 12.1 Å². The largest absolute Gasteiger partial charge is 0.395 e. The molecule has 5 nitrogen and oxygen atoms in total. The minimum absolute atomic E-state index is 0.00956. The van der Waals surface area contributed by atoms with Gasteiger partial charge in [0, 0.05) is 17.0 Å². The second-order valence-electron chi connectivity index (χ2n) is 4.38. The second-order valence-corrected chi connectivity index (χ2v) is 5.76. The van der Waals surface area contributed by atoms with Gasteiger partial charge in [-0.1, -0.05) is 6.07 Å². The van der Waals surface area contributed by atoms with Crippen LogP contribution in [-0.4, -0.2) is 28.9 Å². The number of thioether (sulfide) groups is 1. The molecule has 6 heteroatoms. The van der Waals surface area contributed by atoms with Gasteiger partial charge < -0.3 is 21.9 Å². The highest BCUT2D eigenvalue weighted by molar-refractivity contribution is 8.00. The first-order chi connectivity index (χ1) is 8.52. The van der Waals surface area contributed by atoms with Gasteiger partial charge in [0.2, 0.25) is 5.91 Å². The summed E-state index contributed by atoms with van der Waals surface area (Å²) in [6.45, 7) is 1.70. The summed E-state index contributed by atoms with van der Waals surface area (Å²) in [7, 11) is 0. The topological polar surface area (TPSA) is 101 Å². The lowest BCUT2D eigenvalue weighted by Crippen LogP contribution is -2.37. The Kier molecular flexibility index (Phi) is 3.91. The average molecular weight is 267 g/mol. The normalized spacial score (nSPS) is 22.0. The molecule has 3 atom stereocenters. The quantitative estimate of drug-likeness (QED) is 0.636. The summed E-state index contributed by atoms with van der Waals surface area (Å²) in [6, 6.07) is 4.69. The van der Waals surface area contributed by atoms with Crippen molar-refractivity contribution in [2.45, 2.75) is 29.2 Å². The van der Waals surface area contributed by atoms with E-state index >= 15 is 0 Å². The average Bonchev–Trinajstić information content (AvgIpc) is 2.37. The van der Waals surface area contributed by atoms with E-state index in [4.69, 9.17) is 16.6 Å². The van der Waals surface area contributed by atoms with Crippen molar-refractivity contribution in [1.82, 2.24) is 0 Å². The van der Waals surface area contributed by atoms with Crippen LogP contribution in [0, 0.1) is 0 Å². The summed E-state index contributed by atoms with van der Waals surface area (Å²) in [5.41, 5.74) is 13.2. The molecular formula is C12H17N3O2S. The van der Waals surface area contributed by atoms with Gasteiger partial charge in [-0.2, -0.15) is 0 Å². The van der Waals surface area contributed by atoms with Crippen molar-refractivity contribution in [3.63, 3.8) is 0 Å². The molecule has 0 spiro atoms. The molecule has 1 aromatic rings. The summed E-state index contributed by atoms with van der Waals surface area (Å²) in [5.74, 6) is -0.00956. The zero-order valence-electron chi connectivity index (χ0n) is 10.1. The summed E-state index contributed by atoms with van der Waals surface area (Å²) in [5, 5.41) is 11.8. The smallest absolute Gasteiger partial charge is 0.237 e. The van der Waals surface area contributed by atoms with Gasteiger partial charge in [-0.15, -0.1) is 11.8 Å². The van der Waals surface area contributed by atoms with Gasteiger partial charge in [-0.25, -0.2) is 0 Å². The standard InChI is InChI=1S/C12H17N3O2S/c1-6-12(17)15-9-4-7(2-3-10(9)18-6)11(14)8(13)5-16/h2-4,6,8,11,16H,5,13-14H2,1H3,(H,15,17). The van der Waals surface area contributed by atoms with Gasteiger partial charge >= 0.3 is 0 Å². The molecule has 6 N–H and O–H groups in total. The van der Waals surface area contributed by atoms with Crippen molar-refractivity contribution in [2.24, 2.45) is 11.5 Å². The predicted octanol–water partition coefficient (Wildman–Crippen LogP) is 0.439. The Morgan fingerprint density at radius 2 is 2.22 bits per heavy atom. The zero-order chi connectivity index (χ0) is 13.3. The fourth-order valence-electron chi connectivity index (χ4n) is 1.79. The number of fused-ring (bicyclic) bond motifs is 1. The van der Waals surface area contributed by atoms with Crippen LogP contribution in [0.25, 0.3) is 0 Å². The molecule has 1 aliphatic rings. The number of carbonyl (C=O) groups is 1. The minimum Gasteiger partial charge on any atom is -0.395 e. The number of rotatable bonds is 3. The number of amides is 1. The van der Waals surface area contributed by atoms with Crippen molar-refractivity contribution in [1.29, 1.82) is 0 Å². The van der Waals surface area contributed by atoms with Crippen LogP contribution in [0.3, 0.4) is 0 Å². The number of aliphatic hydroxyl groups excluding tert-OH is 1. The molecule has 18 heavy (non-hydrogen) atoms. The molecule has 3 unspecified atom stereocenters. The van der Waals surface area contributed by atoms with Crippen LogP contribution in [0.2, 0.25) is 0 Å². The van der Waals surface area contributed by atoms with Gasteiger partial charge in [0.25, 0.3) is 0 Å². The molecule has 2 rings (SSSR count). The fourth-order valence-corrected chi connectivity index (χ4v) is 2.72. The highest BCUT2D eigenvalue weighted by Gasteiger charge is 2.24. The monoisotopic (exact) mass is 267 g/mol. The van der Waals surface area contributed by atoms with Gasteiger partial charge in [-0.3, -0.25) is 4.79 Å². The lowest BCUT2D eigenvalue weighted by molar-refractivity contribution is -0.115. The van der Waals surface area contributed by atoms with Gasteiger partial charge in [0.1, 0.15) is 0 Å². The second kappa shape index (κ2) is 5.27. The Morgan fingerprint density at radius 1 is 1.50 bits per heavy atom. The third-order valence-electron chi connectivity index (χ3n) is 2.99. The lowest BCUT2D eigenvalue weighted by atomic mass is 10.0. The number of hydrogen-bond acceptors (Lipinski definition) is 5. The van der Waals surface area contributed by atoms with Crippen LogP contribution in [0.4, 0.5) is 5.69 Å². The van der Waals surface area contributed by atoms with E-state index in [1.807, 2.05) is 25.1 Å². The Morgan fingerprint density at radius 3 is 2.89 bits per heavy atom. The molecule has 1 aromatic carbocycles. The molecule has 0 saturated carbocycles. The van der Waals surface area contributed by atoms with Crippen LogP contribution in [0.15, 0.2) is 23.1 Å². The van der Waals surface area contributed by atoms with E-state index in [1.54, 1.807) is 0 Å². The van der Waals surface area contributed by atoms with Crippen LogP contribution in [0.5, 0.6) is 0 Å². The first-order valence-corrected chi connectivity index (χ1v) is 6.64. The number of hydrogen-bond donors (Lipinski definition) is 4. The zero-order valence-corrected chi connectivity index (χ0v) is 10.9. The Labute approximate surface area is 110 Å². The maximum Gasteiger partial charge on any atom is 0.237 e. The van der Waals surface area contributed by atoms with Crippen LogP contribution >= 0.6 is 11.8 Å². The van der Waals surface area contributed by atoms with Crippen LogP contribution in [0.1, 0.15) is 18.5 Å². The summed E-state index contributed by atoms with van der Waals surface area (Å²) >= 11 is 1.52. The minimum atomic E-state index is -0.506. The molecule has 1 heterocycles. The van der Waals surface area contributed by atoms with E-state index in [9.17, 15) is 4.79 Å². The van der Waals surface area contributed by atoms with E-state index in [0.717, 1.165) is 16.1 Å². The Hall–Kier alpha value is -1.08. The Balaban J connectivity index is 2.27. The van der Waals surface area contributed by atoms with E-state index in [-0.39, 0.29) is 17.8 Å². The number of aliphatic hydroxyl groups is 1. The van der Waals surface area contributed by atoms with Gasteiger partial charge in [0.05, 0.1) is 17.5 Å². The van der Waals surface area contributed by atoms with Gasteiger partial charge in [0.15, 0.2) is 0 Å². The van der Waals surface area contributed by atoms with E-state index in [0.29, 0.717) is 0 Å². The molecule has 0 aromatic heterocycles. The number of nitrogens with two attached hydrogens (primary N) is 2. The van der Waals surface area contributed by atoms with Crippen LogP contribution in [-0.2, 0) is 4.79 Å². The molecule has 98 valence electrons. The maximum atomic E-state index is 11.6. The third kappa shape index (κ3) is 2.51. The number of anilines is 1. The highest BCUT2D eigenvalue weighted by atomic mass is 32.2. The summed E-state index contributed by atoms with van der Waals surface area (Å²) in [6.07, 6.45) is 0. The van der Waals surface area contributed by atoms with Gasteiger partial charge in [-0.05, 0) is 24.6 Å². The first-order valence-electron chi connectivity index (χ1n) is 5.76. The molecule has 1 amide bonds. The summed E-state index contributed by atoms with van der Waals surface area (Å²) in [4.78, 5) is 12.6. The Bertz CT molecular complexity index is 467. The summed E-state index contributed by atoms with van der Waals surface area (Å²) < 4.78 is 0. The predicted molar refractivity (Wildman–Crippen MR) is 72.4 cm³/mol. The van der Waals surface area contributed by atoms with Crippen LogP contribution < -0.4 is 16.8 Å². The van der Waals surface area contributed by atoms with Crippen molar-refractivity contribution >= 4 is 23.4 Å². The van der Waals surface area contributed by atoms with Crippen molar-refractivity contribution < 1.29 is 9.90 Å². The number of carbonyl (C=O) groups excluding carboxylic acids is 1.